The standard InChI is InChI=1S/C22H18F2N2O5/c23-22(24)31-17-12-10-16(11-13-17)21(15-6-2-1-3-7-15)25-20(27)14-30-19-9-5-4-8-18(19)26(28)29/h1-13,21-22H,14H2,(H,25,27). The molecule has 1 atom stereocenters. The molecule has 1 amide bonds. The number of benzene rings is 3. The lowest BCUT2D eigenvalue weighted by atomic mass is 9.98. The molecule has 0 bridgehead atoms. The average Bonchev–Trinajstić information content (AvgIpc) is 2.77. The number of halogens is 2. The summed E-state index contributed by atoms with van der Waals surface area (Å²) in [5, 5.41) is 13.9. The van der Waals surface area contributed by atoms with E-state index < -0.39 is 30.1 Å². The zero-order valence-corrected chi connectivity index (χ0v) is 16.1. The van der Waals surface area contributed by atoms with Crippen molar-refractivity contribution in [3.8, 4) is 11.5 Å². The van der Waals surface area contributed by atoms with Crippen LogP contribution in [0.2, 0.25) is 0 Å². The van der Waals surface area contributed by atoms with Crippen LogP contribution in [-0.2, 0) is 4.79 Å². The Morgan fingerprint density at radius 2 is 1.55 bits per heavy atom. The van der Waals surface area contributed by atoms with Gasteiger partial charge < -0.3 is 14.8 Å². The van der Waals surface area contributed by atoms with Crippen molar-refractivity contribution >= 4 is 11.6 Å². The topological polar surface area (TPSA) is 90.7 Å². The Bertz CT molecular complexity index is 1030. The fourth-order valence-electron chi connectivity index (χ4n) is 2.92. The summed E-state index contributed by atoms with van der Waals surface area (Å²) in [6.07, 6.45) is 0. The third kappa shape index (κ3) is 5.99. The van der Waals surface area contributed by atoms with E-state index >= 15 is 0 Å². The molecule has 31 heavy (non-hydrogen) atoms. The maximum atomic E-state index is 12.5. The first-order valence-electron chi connectivity index (χ1n) is 9.19. The lowest BCUT2D eigenvalue weighted by molar-refractivity contribution is -0.385. The number of nitro groups is 1. The predicted octanol–water partition coefficient (Wildman–Crippen LogP) is 4.48. The summed E-state index contributed by atoms with van der Waals surface area (Å²) in [6, 6.07) is 20.1. The molecule has 0 radical (unpaired) electrons. The van der Waals surface area contributed by atoms with E-state index in [1.165, 1.54) is 30.3 Å². The SMILES string of the molecule is O=C(COc1ccccc1[N+](=O)[O-])NC(c1ccccc1)c1ccc(OC(F)F)cc1. The van der Waals surface area contributed by atoms with Crippen LogP contribution in [0.4, 0.5) is 14.5 Å². The molecule has 0 aromatic heterocycles. The fraction of sp³-hybridized carbons (Fsp3) is 0.136. The van der Waals surface area contributed by atoms with Crippen LogP contribution < -0.4 is 14.8 Å². The molecule has 1 N–H and O–H groups in total. The maximum Gasteiger partial charge on any atom is 0.387 e. The second kappa shape index (κ2) is 10.1. The zero-order valence-electron chi connectivity index (χ0n) is 16.1. The van der Waals surface area contributed by atoms with Crippen LogP contribution in [0.25, 0.3) is 0 Å². The van der Waals surface area contributed by atoms with E-state index in [1.807, 2.05) is 6.07 Å². The number of nitrogens with one attached hydrogen (secondary N) is 1. The predicted molar refractivity (Wildman–Crippen MR) is 108 cm³/mol. The summed E-state index contributed by atoms with van der Waals surface area (Å²) in [5.41, 5.74) is 1.14. The Kier molecular flexibility index (Phi) is 7.10. The first-order chi connectivity index (χ1) is 14.9. The van der Waals surface area contributed by atoms with Gasteiger partial charge in [-0.05, 0) is 29.3 Å². The summed E-state index contributed by atoms with van der Waals surface area (Å²) in [4.78, 5) is 23.0. The van der Waals surface area contributed by atoms with E-state index in [1.54, 1.807) is 42.5 Å². The van der Waals surface area contributed by atoms with Crippen LogP contribution >= 0.6 is 0 Å². The molecule has 7 nitrogen and oxygen atoms in total. The number of alkyl halides is 2. The van der Waals surface area contributed by atoms with Gasteiger partial charge in [0, 0.05) is 6.07 Å². The van der Waals surface area contributed by atoms with Crippen LogP contribution in [0.5, 0.6) is 11.5 Å². The number of ether oxygens (including phenoxy) is 2. The van der Waals surface area contributed by atoms with E-state index in [2.05, 4.69) is 10.1 Å². The van der Waals surface area contributed by atoms with Crippen LogP contribution in [0.3, 0.4) is 0 Å². The Balaban J connectivity index is 1.75. The maximum absolute atomic E-state index is 12.5. The minimum Gasteiger partial charge on any atom is -0.477 e. The van der Waals surface area contributed by atoms with Gasteiger partial charge in [0.1, 0.15) is 5.75 Å². The van der Waals surface area contributed by atoms with Gasteiger partial charge in [0.15, 0.2) is 12.4 Å². The van der Waals surface area contributed by atoms with Crippen molar-refractivity contribution < 1.29 is 28.0 Å². The Hall–Kier alpha value is -4.01. The lowest BCUT2D eigenvalue weighted by Gasteiger charge is -2.20. The summed E-state index contributed by atoms with van der Waals surface area (Å²) in [5.74, 6) is -0.538. The van der Waals surface area contributed by atoms with Crippen LogP contribution in [-0.4, -0.2) is 24.0 Å². The molecule has 3 rings (SSSR count). The summed E-state index contributed by atoms with van der Waals surface area (Å²) >= 11 is 0. The second-order valence-corrected chi connectivity index (χ2v) is 6.37. The number of para-hydroxylation sites is 2. The molecular formula is C22H18F2N2O5. The van der Waals surface area contributed by atoms with Gasteiger partial charge in [-0.3, -0.25) is 14.9 Å². The Morgan fingerprint density at radius 3 is 2.19 bits per heavy atom. The van der Waals surface area contributed by atoms with E-state index in [-0.39, 0.29) is 17.2 Å². The van der Waals surface area contributed by atoms with Gasteiger partial charge in [0.25, 0.3) is 5.91 Å². The third-order valence-corrected chi connectivity index (χ3v) is 4.30. The van der Waals surface area contributed by atoms with Crippen LogP contribution in [0.15, 0.2) is 78.9 Å². The van der Waals surface area contributed by atoms with E-state index in [9.17, 15) is 23.7 Å². The monoisotopic (exact) mass is 428 g/mol. The van der Waals surface area contributed by atoms with Gasteiger partial charge in [0.05, 0.1) is 11.0 Å². The highest BCUT2D eigenvalue weighted by atomic mass is 19.3. The summed E-state index contributed by atoms with van der Waals surface area (Å²) in [6.45, 7) is -3.38. The zero-order chi connectivity index (χ0) is 22.2. The molecule has 0 heterocycles. The van der Waals surface area contributed by atoms with Crippen molar-refractivity contribution in [2.45, 2.75) is 12.7 Å². The number of hydrogen-bond acceptors (Lipinski definition) is 5. The van der Waals surface area contributed by atoms with Crippen molar-refractivity contribution in [2.24, 2.45) is 0 Å². The summed E-state index contributed by atoms with van der Waals surface area (Å²) < 4.78 is 34.5. The van der Waals surface area contributed by atoms with Crippen molar-refractivity contribution in [2.75, 3.05) is 6.61 Å². The number of hydrogen-bond donors (Lipinski definition) is 1. The van der Waals surface area contributed by atoms with Crippen LogP contribution in [0, 0.1) is 10.1 Å². The average molecular weight is 428 g/mol. The molecule has 9 heteroatoms. The minimum absolute atomic E-state index is 0.00314. The number of carbonyl (C=O) groups is 1. The third-order valence-electron chi connectivity index (χ3n) is 4.30. The molecule has 160 valence electrons. The molecule has 0 saturated heterocycles. The van der Waals surface area contributed by atoms with Gasteiger partial charge in [-0.15, -0.1) is 0 Å². The Labute approximate surface area is 176 Å². The van der Waals surface area contributed by atoms with Gasteiger partial charge in [-0.2, -0.15) is 8.78 Å². The largest absolute Gasteiger partial charge is 0.477 e. The fourth-order valence-corrected chi connectivity index (χ4v) is 2.92. The van der Waals surface area contributed by atoms with E-state index in [0.29, 0.717) is 5.56 Å². The van der Waals surface area contributed by atoms with E-state index in [0.717, 1.165) is 5.56 Å². The number of carbonyl (C=O) groups excluding carboxylic acids is 1. The first-order valence-corrected chi connectivity index (χ1v) is 9.19. The molecule has 0 aliphatic carbocycles. The van der Waals surface area contributed by atoms with Crippen molar-refractivity contribution in [1.29, 1.82) is 0 Å². The molecule has 0 saturated carbocycles. The number of amides is 1. The van der Waals surface area contributed by atoms with Crippen molar-refractivity contribution in [3.63, 3.8) is 0 Å². The van der Waals surface area contributed by atoms with Gasteiger partial charge in [-0.1, -0.05) is 54.6 Å². The van der Waals surface area contributed by atoms with Gasteiger partial charge >= 0.3 is 12.3 Å². The molecule has 0 fully saturated rings. The molecule has 3 aromatic rings. The van der Waals surface area contributed by atoms with E-state index in [4.69, 9.17) is 4.74 Å². The van der Waals surface area contributed by atoms with Gasteiger partial charge in [0.2, 0.25) is 0 Å². The van der Waals surface area contributed by atoms with Crippen LogP contribution in [0.1, 0.15) is 17.2 Å². The second-order valence-electron chi connectivity index (χ2n) is 6.37. The number of nitro benzene ring substituents is 1. The quantitative estimate of drug-likeness (QED) is 0.401. The number of nitrogens with zero attached hydrogens (tertiary/aromatic N) is 1. The smallest absolute Gasteiger partial charge is 0.387 e. The highest BCUT2D eigenvalue weighted by Crippen LogP contribution is 2.27. The molecular weight excluding hydrogens is 410 g/mol. The molecule has 1 unspecified atom stereocenters. The molecule has 3 aromatic carbocycles. The minimum atomic E-state index is -2.94. The normalized spacial score (nSPS) is 11.6. The Morgan fingerprint density at radius 1 is 0.935 bits per heavy atom. The van der Waals surface area contributed by atoms with Crippen molar-refractivity contribution in [3.05, 3.63) is 100 Å². The van der Waals surface area contributed by atoms with Crippen molar-refractivity contribution in [1.82, 2.24) is 5.32 Å². The highest BCUT2D eigenvalue weighted by Gasteiger charge is 2.19. The highest BCUT2D eigenvalue weighted by molar-refractivity contribution is 5.78. The lowest BCUT2D eigenvalue weighted by Crippen LogP contribution is -2.33. The number of rotatable bonds is 9. The molecule has 0 spiro atoms. The summed E-state index contributed by atoms with van der Waals surface area (Å²) in [7, 11) is 0. The molecule has 0 aliphatic heterocycles. The first kappa shape index (κ1) is 21.7. The van der Waals surface area contributed by atoms with Gasteiger partial charge in [-0.25, -0.2) is 0 Å². The molecule has 0 aliphatic rings.